The van der Waals surface area contributed by atoms with Crippen molar-refractivity contribution in [2.45, 2.75) is 45.1 Å². The number of aldehydes is 1. The van der Waals surface area contributed by atoms with E-state index in [2.05, 4.69) is 0 Å². The number of hydrogen-bond acceptors (Lipinski definition) is 4. The molecule has 2 unspecified atom stereocenters. The van der Waals surface area contributed by atoms with Crippen LogP contribution in [0, 0.1) is 6.92 Å². The van der Waals surface area contributed by atoms with Crippen LogP contribution < -0.4 is 4.74 Å². The van der Waals surface area contributed by atoms with E-state index in [0.717, 1.165) is 12.7 Å². The van der Waals surface area contributed by atoms with Gasteiger partial charge in [0.1, 0.15) is 29.1 Å². The van der Waals surface area contributed by atoms with Crippen LogP contribution in [0.3, 0.4) is 0 Å². The van der Waals surface area contributed by atoms with Crippen molar-refractivity contribution in [1.82, 2.24) is 0 Å². The first kappa shape index (κ1) is 12.7. The molecule has 0 saturated heterocycles. The van der Waals surface area contributed by atoms with Crippen LogP contribution in [0.25, 0.3) is 0 Å². The zero-order valence-electron chi connectivity index (χ0n) is 10.9. The Morgan fingerprint density at radius 1 is 1.56 bits per heavy atom. The zero-order chi connectivity index (χ0) is 13.5. The third-order valence-corrected chi connectivity index (χ3v) is 3.82. The molecule has 1 aliphatic rings. The van der Waals surface area contributed by atoms with Crippen LogP contribution in [0.5, 0.6) is 17.2 Å². The number of rotatable bonds is 2. The third-order valence-electron chi connectivity index (χ3n) is 3.82. The van der Waals surface area contributed by atoms with Crippen molar-refractivity contribution >= 4 is 6.29 Å². The SMILES string of the molecule is CCC1(C)CC(C=O)c2c(cc(O)c(C)c2O)O1. The van der Waals surface area contributed by atoms with Gasteiger partial charge in [-0.25, -0.2) is 0 Å². The summed E-state index contributed by atoms with van der Waals surface area (Å²) in [5.74, 6) is -0.0437. The first-order valence-electron chi connectivity index (χ1n) is 6.11. The molecule has 4 nitrogen and oxygen atoms in total. The van der Waals surface area contributed by atoms with Crippen LogP contribution >= 0.6 is 0 Å². The molecule has 0 aliphatic carbocycles. The second kappa shape index (κ2) is 4.19. The Morgan fingerprint density at radius 2 is 2.22 bits per heavy atom. The number of carbonyl (C=O) groups is 1. The van der Waals surface area contributed by atoms with Crippen molar-refractivity contribution in [3.63, 3.8) is 0 Å². The Morgan fingerprint density at radius 3 is 2.78 bits per heavy atom. The molecule has 2 atom stereocenters. The van der Waals surface area contributed by atoms with Gasteiger partial charge in [-0.1, -0.05) is 6.92 Å². The highest BCUT2D eigenvalue weighted by Gasteiger charge is 2.38. The molecule has 0 bridgehead atoms. The first-order chi connectivity index (χ1) is 8.41. The molecule has 18 heavy (non-hydrogen) atoms. The molecule has 0 amide bonds. The number of fused-ring (bicyclic) bond motifs is 1. The van der Waals surface area contributed by atoms with E-state index in [9.17, 15) is 15.0 Å². The molecular formula is C14H18O4. The number of carbonyl (C=O) groups excluding carboxylic acids is 1. The lowest BCUT2D eigenvalue weighted by Gasteiger charge is -2.38. The molecule has 98 valence electrons. The molecule has 4 heteroatoms. The van der Waals surface area contributed by atoms with Crippen LogP contribution in [0.15, 0.2) is 6.07 Å². The summed E-state index contributed by atoms with van der Waals surface area (Å²) >= 11 is 0. The van der Waals surface area contributed by atoms with Crippen LogP contribution in [0.2, 0.25) is 0 Å². The van der Waals surface area contributed by atoms with Crippen molar-refractivity contribution < 1.29 is 19.7 Å². The van der Waals surface area contributed by atoms with E-state index in [4.69, 9.17) is 4.74 Å². The molecule has 2 N–H and O–H groups in total. The van der Waals surface area contributed by atoms with Gasteiger partial charge in [-0.15, -0.1) is 0 Å². The monoisotopic (exact) mass is 250 g/mol. The molecule has 1 aromatic rings. The molecule has 1 aliphatic heterocycles. The highest BCUT2D eigenvalue weighted by atomic mass is 16.5. The van der Waals surface area contributed by atoms with Crippen molar-refractivity contribution in [1.29, 1.82) is 0 Å². The summed E-state index contributed by atoms with van der Waals surface area (Å²) < 4.78 is 5.84. The normalized spacial score (nSPS) is 26.3. The Balaban J connectivity index is 2.62. The Hall–Kier alpha value is -1.71. The quantitative estimate of drug-likeness (QED) is 0.792. The summed E-state index contributed by atoms with van der Waals surface area (Å²) in [6, 6.07) is 1.48. The maximum atomic E-state index is 11.2. The minimum Gasteiger partial charge on any atom is -0.507 e. The minimum absolute atomic E-state index is 0.0174. The molecule has 1 heterocycles. The Kier molecular flexibility index (Phi) is 2.97. The van der Waals surface area contributed by atoms with Gasteiger partial charge in [0, 0.05) is 23.6 Å². The van der Waals surface area contributed by atoms with E-state index >= 15 is 0 Å². The Labute approximate surface area is 106 Å². The molecule has 0 spiro atoms. The molecule has 0 radical (unpaired) electrons. The summed E-state index contributed by atoms with van der Waals surface area (Å²) in [6.07, 6.45) is 2.13. The minimum atomic E-state index is -0.438. The van der Waals surface area contributed by atoms with Gasteiger partial charge in [-0.2, -0.15) is 0 Å². The van der Waals surface area contributed by atoms with Crippen LogP contribution in [-0.2, 0) is 4.79 Å². The highest BCUT2D eigenvalue weighted by Crippen LogP contribution is 2.48. The van der Waals surface area contributed by atoms with Gasteiger partial charge in [0.05, 0.1) is 5.92 Å². The first-order valence-corrected chi connectivity index (χ1v) is 6.11. The summed E-state index contributed by atoms with van der Waals surface area (Å²) in [5, 5.41) is 19.8. The lowest BCUT2D eigenvalue weighted by Crippen LogP contribution is -2.37. The standard InChI is InChI=1S/C14H18O4/c1-4-14(3)6-9(7-15)12-11(18-14)5-10(16)8(2)13(12)17/h5,7,9,16-17H,4,6H2,1-3H3. The molecule has 1 aromatic carbocycles. The molecule has 0 saturated carbocycles. The second-order valence-corrected chi connectivity index (χ2v) is 5.13. The Bertz CT molecular complexity index is 495. The number of ether oxygens (including phenoxy) is 1. The van der Waals surface area contributed by atoms with Crippen molar-refractivity contribution in [2.75, 3.05) is 0 Å². The van der Waals surface area contributed by atoms with Crippen molar-refractivity contribution in [3.8, 4) is 17.2 Å². The van der Waals surface area contributed by atoms with Gasteiger partial charge in [0.2, 0.25) is 0 Å². The molecule has 0 aromatic heterocycles. The fourth-order valence-electron chi connectivity index (χ4n) is 2.40. The van der Waals surface area contributed by atoms with E-state index in [0.29, 0.717) is 23.3 Å². The van der Waals surface area contributed by atoms with Crippen molar-refractivity contribution in [2.24, 2.45) is 0 Å². The van der Waals surface area contributed by atoms with Crippen LogP contribution in [0.1, 0.15) is 43.7 Å². The van der Waals surface area contributed by atoms with E-state index in [1.807, 2.05) is 13.8 Å². The van der Waals surface area contributed by atoms with Gasteiger partial charge < -0.3 is 19.7 Å². The predicted molar refractivity (Wildman–Crippen MR) is 67.3 cm³/mol. The van der Waals surface area contributed by atoms with Crippen molar-refractivity contribution in [3.05, 3.63) is 17.2 Å². The highest BCUT2D eigenvalue weighted by molar-refractivity contribution is 5.71. The number of phenolic OH excluding ortho intramolecular Hbond substituents is 2. The molecular weight excluding hydrogens is 232 g/mol. The summed E-state index contributed by atoms with van der Waals surface area (Å²) in [7, 11) is 0. The summed E-state index contributed by atoms with van der Waals surface area (Å²) in [5.41, 5.74) is 0.433. The third kappa shape index (κ3) is 1.82. The van der Waals surface area contributed by atoms with Gasteiger partial charge in [-0.3, -0.25) is 0 Å². The lowest BCUT2D eigenvalue weighted by molar-refractivity contribution is -0.111. The van der Waals surface area contributed by atoms with E-state index in [-0.39, 0.29) is 11.5 Å². The number of hydrogen-bond donors (Lipinski definition) is 2. The van der Waals surface area contributed by atoms with Crippen LogP contribution in [-0.4, -0.2) is 22.1 Å². The average molecular weight is 250 g/mol. The average Bonchev–Trinajstić information content (AvgIpc) is 2.35. The largest absolute Gasteiger partial charge is 0.507 e. The van der Waals surface area contributed by atoms with E-state index < -0.39 is 11.5 Å². The molecule has 2 rings (SSSR count). The topological polar surface area (TPSA) is 66.8 Å². The van der Waals surface area contributed by atoms with Gasteiger partial charge in [0.15, 0.2) is 0 Å². The number of benzene rings is 1. The zero-order valence-corrected chi connectivity index (χ0v) is 10.9. The maximum absolute atomic E-state index is 11.2. The maximum Gasteiger partial charge on any atom is 0.131 e. The van der Waals surface area contributed by atoms with Gasteiger partial charge >= 0.3 is 0 Å². The van der Waals surface area contributed by atoms with E-state index in [1.165, 1.54) is 6.07 Å². The fraction of sp³-hybridized carbons (Fsp3) is 0.500. The van der Waals surface area contributed by atoms with Gasteiger partial charge in [0.25, 0.3) is 0 Å². The van der Waals surface area contributed by atoms with Gasteiger partial charge in [-0.05, 0) is 20.3 Å². The summed E-state index contributed by atoms with van der Waals surface area (Å²) in [6.45, 7) is 5.53. The number of phenols is 2. The second-order valence-electron chi connectivity index (χ2n) is 5.13. The predicted octanol–water partition coefficient (Wildman–Crippen LogP) is 2.64. The molecule has 0 fully saturated rings. The van der Waals surface area contributed by atoms with Crippen LogP contribution in [0.4, 0.5) is 0 Å². The smallest absolute Gasteiger partial charge is 0.131 e. The lowest BCUT2D eigenvalue weighted by atomic mass is 9.82. The number of aromatic hydroxyl groups is 2. The fourth-order valence-corrected chi connectivity index (χ4v) is 2.40. The van der Waals surface area contributed by atoms with E-state index in [1.54, 1.807) is 6.92 Å². The summed E-state index contributed by atoms with van der Waals surface area (Å²) in [4.78, 5) is 11.2.